The molecule has 3 N–H and O–H groups in total. The summed E-state index contributed by atoms with van der Waals surface area (Å²) >= 11 is 0. The van der Waals surface area contributed by atoms with Crippen LogP contribution in [0.3, 0.4) is 0 Å². The predicted molar refractivity (Wildman–Crippen MR) is 96.4 cm³/mol. The van der Waals surface area contributed by atoms with Crippen LogP contribution in [0.4, 0.5) is 5.69 Å². The van der Waals surface area contributed by atoms with E-state index in [1.54, 1.807) is 30.5 Å². The molecule has 128 valence electrons. The summed E-state index contributed by atoms with van der Waals surface area (Å²) in [6.07, 6.45) is 6.64. The molecule has 1 amide bonds. The van der Waals surface area contributed by atoms with E-state index in [0.717, 1.165) is 18.4 Å². The van der Waals surface area contributed by atoms with Crippen molar-refractivity contribution in [2.75, 3.05) is 5.73 Å². The number of hydrogen-bond donors (Lipinski definition) is 2. The number of rotatable bonds is 5. The number of nitrogens with zero attached hydrogens (tertiary/aromatic N) is 1. The second kappa shape index (κ2) is 8.55. The van der Waals surface area contributed by atoms with Gasteiger partial charge in [0.25, 0.3) is 5.91 Å². The van der Waals surface area contributed by atoms with E-state index in [0.29, 0.717) is 23.7 Å². The first-order valence-corrected chi connectivity index (χ1v) is 7.96. The second-order valence-corrected chi connectivity index (χ2v) is 5.83. The minimum Gasteiger partial charge on any atom is -0.474 e. The standard InChI is InChI=1S/C18H21N3O2.ClH/c19-15-7-5-14(6-8-15)18(22)21-12-13-9-10-20-17(11-13)23-16-3-1-2-4-16;/h5-11,16H,1-4,12,19H2,(H,21,22);1H. The third-order valence-electron chi connectivity index (χ3n) is 4.01. The molecule has 3 rings (SSSR count). The molecule has 1 aliphatic carbocycles. The third kappa shape index (κ3) is 4.86. The molecule has 1 saturated carbocycles. The van der Waals surface area contributed by atoms with Crippen LogP contribution in [0, 0.1) is 0 Å². The molecule has 0 unspecified atom stereocenters. The lowest BCUT2D eigenvalue weighted by molar-refractivity contribution is 0.0950. The van der Waals surface area contributed by atoms with Crippen molar-refractivity contribution in [3.63, 3.8) is 0 Å². The molecule has 24 heavy (non-hydrogen) atoms. The smallest absolute Gasteiger partial charge is 0.251 e. The van der Waals surface area contributed by atoms with Crippen LogP contribution in [0.25, 0.3) is 0 Å². The number of aromatic nitrogens is 1. The van der Waals surface area contributed by atoms with Crippen LogP contribution < -0.4 is 15.8 Å². The maximum absolute atomic E-state index is 12.1. The van der Waals surface area contributed by atoms with E-state index in [1.807, 2.05) is 12.1 Å². The highest BCUT2D eigenvalue weighted by Crippen LogP contribution is 2.23. The SMILES string of the molecule is Cl.Nc1ccc(C(=O)NCc2ccnc(OC3CCCC3)c2)cc1. The van der Waals surface area contributed by atoms with E-state index in [9.17, 15) is 4.79 Å². The Morgan fingerprint density at radius 1 is 1.21 bits per heavy atom. The molecule has 2 aromatic rings. The van der Waals surface area contributed by atoms with E-state index in [1.165, 1.54) is 12.8 Å². The van der Waals surface area contributed by atoms with Crippen molar-refractivity contribution in [2.24, 2.45) is 0 Å². The van der Waals surface area contributed by atoms with Crippen molar-refractivity contribution in [3.05, 3.63) is 53.7 Å². The highest BCUT2D eigenvalue weighted by atomic mass is 35.5. The van der Waals surface area contributed by atoms with Crippen molar-refractivity contribution >= 4 is 24.0 Å². The van der Waals surface area contributed by atoms with Gasteiger partial charge in [-0.25, -0.2) is 4.98 Å². The first-order chi connectivity index (χ1) is 11.2. The van der Waals surface area contributed by atoms with Gasteiger partial charge in [0.1, 0.15) is 6.10 Å². The molecule has 6 heteroatoms. The topological polar surface area (TPSA) is 77.2 Å². The first kappa shape index (κ1) is 18.1. The Hall–Kier alpha value is -2.27. The number of hydrogen-bond acceptors (Lipinski definition) is 4. The molecule has 0 spiro atoms. The number of amides is 1. The molecule has 1 aromatic carbocycles. The third-order valence-corrected chi connectivity index (χ3v) is 4.01. The summed E-state index contributed by atoms with van der Waals surface area (Å²) in [5.74, 6) is 0.510. The number of halogens is 1. The Morgan fingerprint density at radius 2 is 1.92 bits per heavy atom. The minimum atomic E-state index is -0.125. The summed E-state index contributed by atoms with van der Waals surface area (Å²) in [6, 6.07) is 10.6. The first-order valence-electron chi connectivity index (χ1n) is 7.96. The summed E-state index contributed by atoms with van der Waals surface area (Å²) < 4.78 is 5.88. The largest absolute Gasteiger partial charge is 0.474 e. The molecule has 0 bridgehead atoms. The molecule has 0 aliphatic heterocycles. The summed E-state index contributed by atoms with van der Waals surface area (Å²) in [5.41, 5.74) is 7.83. The van der Waals surface area contributed by atoms with Gasteiger partial charge >= 0.3 is 0 Å². The lowest BCUT2D eigenvalue weighted by atomic mass is 10.2. The summed E-state index contributed by atoms with van der Waals surface area (Å²) in [4.78, 5) is 16.3. The Kier molecular flexibility index (Phi) is 6.44. The van der Waals surface area contributed by atoms with Crippen LogP contribution in [0.2, 0.25) is 0 Å². The maximum Gasteiger partial charge on any atom is 0.251 e. The normalized spacial score (nSPS) is 14.0. The highest BCUT2D eigenvalue weighted by Gasteiger charge is 2.17. The fraction of sp³-hybridized carbons (Fsp3) is 0.333. The van der Waals surface area contributed by atoms with Crippen molar-refractivity contribution in [1.29, 1.82) is 0 Å². The molecule has 1 aliphatic rings. The number of nitrogens with two attached hydrogens (primary N) is 1. The molecule has 0 atom stereocenters. The number of anilines is 1. The lowest BCUT2D eigenvalue weighted by Crippen LogP contribution is -2.22. The van der Waals surface area contributed by atoms with Crippen LogP contribution in [0.1, 0.15) is 41.6 Å². The molecule has 1 heterocycles. The van der Waals surface area contributed by atoms with Gasteiger partial charge in [-0.2, -0.15) is 0 Å². The van der Waals surface area contributed by atoms with Crippen molar-refractivity contribution < 1.29 is 9.53 Å². The minimum absolute atomic E-state index is 0. The average Bonchev–Trinajstić information content (AvgIpc) is 3.07. The van der Waals surface area contributed by atoms with Crippen LogP contribution in [0.5, 0.6) is 5.88 Å². The fourth-order valence-electron chi connectivity index (χ4n) is 2.72. The van der Waals surface area contributed by atoms with Gasteiger partial charge in [-0.3, -0.25) is 4.79 Å². The quantitative estimate of drug-likeness (QED) is 0.813. The molecule has 1 aromatic heterocycles. The van der Waals surface area contributed by atoms with Gasteiger partial charge in [-0.1, -0.05) is 0 Å². The van der Waals surface area contributed by atoms with E-state index in [-0.39, 0.29) is 24.4 Å². The second-order valence-electron chi connectivity index (χ2n) is 5.83. The zero-order valence-electron chi connectivity index (χ0n) is 13.4. The summed E-state index contributed by atoms with van der Waals surface area (Å²) in [5, 5.41) is 2.89. The molecule has 0 saturated heterocycles. The maximum atomic E-state index is 12.1. The number of ether oxygens (including phenoxy) is 1. The Balaban J connectivity index is 0.00000208. The van der Waals surface area contributed by atoms with Crippen LogP contribution >= 0.6 is 12.4 Å². The predicted octanol–water partition coefficient (Wildman–Crippen LogP) is 3.34. The van der Waals surface area contributed by atoms with Gasteiger partial charge in [0.05, 0.1) is 0 Å². The monoisotopic (exact) mass is 347 g/mol. The lowest BCUT2D eigenvalue weighted by Gasteiger charge is -2.13. The van der Waals surface area contributed by atoms with Crippen molar-refractivity contribution in [2.45, 2.75) is 38.3 Å². The van der Waals surface area contributed by atoms with Crippen LogP contribution in [-0.2, 0) is 6.54 Å². The number of nitrogens with one attached hydrogen (secondary N) is 1. The van der Waals surface area contributed by atoms with Gasteiger partial charge in [0, 0.05) is 30.1 Å². The average molecular weight is 348 g/mol. The summed E-state index contributed by atoms with van der Waals surface area (Å²) in [6.45, 7) is 0.437. The van der Waals surface area contributed by atoms with Crippen molar-refractivity contribution in [3.8, 4) is 5.88 Å². The van der Waals surface area contributed by atoms with E-state index in [2.05, 4.69) is 10.3 Å². The van der Waals surface area contributed by atoms with Gasteiger partial charge < -0.3 is 15.8 Å². The Bertz CT molecular complexity index is 670. The van der Waals surface area contributed by atoms with Gasteiger partial charge in [-0.15, -0.1) is 12.4 Å². The Labute approximate surface area is 148 Å². The molecule has 5 nitrogen and oxygen atoms in total. The fourth-order valence-corrected chi connectivity index (χ4v) is 2.72. The number of nitrogen functional groups attached to an aromatic ring is 1. The highest BCUT2D eigenvalue weighted by molar-refractivity contribution is 5.94. The van der Waals surface area contributed by atoms with Gasteiger partial charge in [0.15, 0.2) is 0 Å². The van der Waals surface area contributed by atoms with Crippen molar-refractivity contribution in [1.82, 2.24) is 10.3 Å². The number of benzene rings is 1. The number of carbonyl (C=O) groups excluding carboxylic acids is 1. The Morgan fingerprint density at radius 3 is 2.62 bits per heavy atom. The summed E-state index contributed by atoms with van der Waals surface area (Å²) in [7, 11) is 0. The zero-order chi connectivity index (χ0) is 16.1. The van der Waals surface area contributed by atoms with Gasteiger partial charge in [-0.05, 0) is 61.6 Å². The van der Waals surface area contributed by atoms with E-state index in [4.69, 9.17) is 10.5 Å². The molecular formula is C18H22ClN3O2. The number of pyridine rings is 1. The zero-order valence-corrected chi connectivity index (χ0v) is 14.2. The molecule has 0 radical (unpaired) electrons. The van der Waals surface area contributed by atoms with Gasteiger partial charge in [0.2, 0.25) is 5.88 Å². The van der Waals surface area contributed by atoms with E-state index < -0.39 is 0 Å². The van der Waals surface area contributed by atoms with Crippen LogP contribution in [0.15, 0.2) is 42.6 Å². The molecule has 1 fully saturated rings. The van der Waals surface area contributed by atoms with E-state index >= 15 is 0 Å². The molecular weight excluding hydrogens is 326 g/mol. The number of carbonyl (C=O) groups is 1. The van der Waals surface area contributed by atoms with Crippen LogP contribution in [-0.4, -0.2) is 17.0 Å².